The number of imide groups is 1. The zero-order valence-corrected chi connectivity index (χ0v) is 21.2. The molecule has 3 amide bonds. The SMILES string of the molecule is Cc1ccc(C(=O)N(Cc2cccnc2)C2CC(=O)N(c3ccc(-c4nc5ccccc5o4)cc3)C2=O)cc1. The number of pyridine rings is 1. The van der Waals surface area contributed by atoms with Gasteiger partial charge in [0.25, 0.3) is 11.8 Å². The molecule has 2 aromatic heterocycles. The average Bonchev–Trinajstić information content (AvgIpc) is 3.52. The maximum absolute atomic E-state index is 13.7. The normalized spacial score (nSPS) is 15.2. The van der Waals surface area contributed by atoms with E-state index in [0.29, 0.717) is 22.7 Å². The van der Waals surface area contributed by atoms with Gasteiger partial charge in [-0.3, -0.25) is 19.4 Å². The molecule has 8 heteroatoms. The fourth-order valence-corrected chi connectivity index (χ4v) is 4.75. The summed E-state index contributed by atoms with van der Waals surface area (Å²) in [6, 6.07) is 24.2. The van der Waals surface area contributed by atoms with E-state index in [1.165, 1.54) is 4.90 Å². The van der Waals surface area contributed by atoms with Crippen LogP contribution < -0.4 is 4.90 Å². The van der Waals surface area contributed by atoms with Crippen LogP contribution >= 0.6 is 0 Å². The molecule has 3 heterocycles. The second-order valence-electron chi connectivity index (χ2n) is 9.48. The molecule has 1 atom stereocenters. The summed E-state index contributed by atoms with van der Waals surface area (Å²) in [5, 5.41) is 0. The highest BCUT2D eigenvalue weighted by molar-refractivity contribution is 6.23. The van der Waals surface area contributed by atoms with Crippen LogP contribution in [0.15, 0.2) is 102 Å². The number of carbonyl (C=O) groups excluding carboxylic acids is 3. The highest BCUT2D eigenvalue weighted by atomic mass is 16.3. The number of anilines is 1. The molecule has 39 heavy (non-hydrogen) atoms. The first-order chi connectivity index (χ1) is 19.0. The topological polar surface area (TPSA) is 96.6 Å². The largest absolute Gasteiger partial charge is 0.436 e. The predicted molar refractivity (Wildman–Crippen MR) is 146 cm³/mol. The summed E-state index contributed by atoms with van der Waals surface area (Å²) in [5.74, 6) is -0.685. The van der Waals surface area contributed by atoms with E-state index in [1.807, 2.05) is 49.4 Å². The Morgan fingerprint density at radius 2 is 1.74 bits per heavy atom. The van der Waals surface area contributed by atoms with Crippen LogP contribution in [0.1, 0.15) is 27.9 Å². The Bertz CT molecular complexity index is 1640. The van der Waals surface area contributed by atoms with Gasteiger partial charge >= 0.3 is 0 Å². The number of aryl methyl sites for hydroxylation is 1. The fraction of sp³-hybridized carbons (Fsp3) is 0.129. The zero-order valence-electron chi connectivity index (χ0n) is 21.2. The van der Waals surface area contributed by atoms with E-state index in [1.54, 1.807) is 54.9 Å². The van der Waals surface area contributed by atoms with Gasteiger partial charge < -0.3 is 9.32 Å². The Morgan fingerprint density at radius 3 is 2.46 bits per heavy atom. The summed E-state index contributed by atoms with van der Waals surface area (Å²) in [6.07, 6.45) is 3.19. The van der Waals surface area contributed by atoms with Gasteiger partial charge in [-0.1, -0.05) is 35.9 Å². The van der Waals surface area contributed by atoms with Crippen molar-refractivity contribution in [1.82, 2.24) is 14.9 Å². The van der Waals surface area contributed by atoms with Crippen molar-refractivity contribution in [2.24, 2.45) is 0 Å². The molecule has 8 nitrogen and oxygen atoms in total. The summed E-state index contributed by atoms with van der Waals surface area (Å²) >= 11 is 0. The van der Waals surface area contributed by atoms with Gasteiger partial charge in [0.05, 0.1) is 12.1 Å². The molecule has 0 radical (unpaired) electrons. The molecule has 1 saturated heterocycles. The second kappa shape index (κ2) is 9.98. The van der Waals surface area contributed by atoms with Crippen LogP contribution in [0.25, 0.3) is 22.6 Å². The van der Waals surface area contributed by atoms with Crippen LogP contribution in [0.3, 0.4) is 0 Å². The Labute approximate surface area is 224 Å². The number of hydrogen-bond donors (Lipinski definition) is 0. The molecule has 0 saturated carbocycles. The Balaban J connectivity index is 1.28. The molecule has 192 valence electrons. The van der Waals surface area contributed by atoms with Gasteiger partial charge in [0.2, 0.25) is 11.8 Å². The minimum atomic E-state index is -0.941. The predicted octanol–water partition coefficient (Wildman–Crippen LogP) is 5.17. The summed E-state index contributed by atoms with van der Waals surface area (Å²) < 4.78 is 5.83. The number of rotatable bonds is 6. The first-order valence-corrected chi connectivity index (χ1v) is 12.6. The number of aromatic nitrogens is 2. The van der Waals surface area contributed by atoms with E-state index < -0.39 is 11.9 Å². The van der Waals surface area contributed by atoms with Crippen LogP contribution in [0, 0.1) is 6.92 Å². The fourth-order valence-electron chi connectivity index (χ4n) is 4.75. The minimum absolute atomic E-state index is 0.108. The highest BCUT2D eigenvalue weighted by Gasteiger charge is 2.44. The van der Waals surface area contributed by atoms with Crippen molar-refractivity contribution in [3.63, 3.8) is 0 Å². The van der Waals surface area contributed by atoms with Crippen LogP contribution in [-0.4, -0.2) is 38.6 Å². The Kier molecular flexibility index (Phi) is 6.20. The maximum atomic E-state index is 13.7. The number of nitrogens with zero attached hydrogens (tertiary/aromatic N) is 4. The van der Waals surface area contributed by atoms with Gasteiger partial charge in [-0.15, -0.1) is 0 Å². The summed E-state index contributed by atoms with van der Waals surface area (Å²) in [5.41, 5.74) is 4.80. The van der Waals surface area contributed by atoms with E-state index in [4.69, 9.17) is 4.42 Å². The molecule has 1 fully saturated rings. The third kappa shape index (κ3) is 4.68. The molecule has 3 aromatic carbocycles. The molecule has 1 aliphatic rings. The minimum Gasteiger partial charge on any atom is -0.436 e. The van der Waals surface area contributed by atoms with Gasteiger partial charge in [-0.05, 0) is 67.1 Å². The summed E-state index contributed by atoms with van der Waals surface area (Å²) in [4.78, 5) is 51.7. The maximum Gasteiger partial charge on any atom is 0.257 e. The number of benzene rings is 3. The van der Waals surface area contributed by atoms with E-state index >= 15 is 0 Å². The van der Waals surface area contributed by atoms with Crippen molar-refractivity contribution in [3.8, 4) is 11.5 Å². The third-order valence-corrected chi connectivity index (χ3v) is 6.80. The Morgan fingerprint density at radius 1 is 0.974 bits per heavy atom. The van der Waals surface area contributed by atoms with Crippen molar-refractivity contribution in [2.45, 2.75) is 25.9 Å². The van der Waals surface area contributed by atoms with Crippen molar-refractivity contribution in [1.29, 1.82) is 0 Å². The summed E-state index contributed by atoms with van der Waals surface area (Å²) in [7, 11) is 0. The molecule has 6 rings (SSSR count). The van der Waals surface area contributed by atoms with E-state index in [2.05, 4.69) is 9.97 Å². The molecule has 5 aromatic rings. The molecule has 0 aliphatic carbocycles. The average molecular weight is 517 g/mol. The first-order valence-electron chi connectivity index (χ1n) is 12.6. The van der Waals surface area contributed by atoms with E-state index in [-0.39, 0.29) is 24.8 Å². The second-order valence-corrected chi connectivity index (χ2v) is 9.48. The van der Waals surface area contributed by atoms with Crippen molar-refractivity contribution in [2.75, 3.05) is 4.90 Å². The van der Waals surface area contributed by atoms with Gasteiger partial charge in [0.1, 0.15) is 11.6 Å². The lowest BCUT2D eigenvalue weighted by atomic mass is 10.1. The lowest BCUT2D eigenvalue weighted by Crippen LogP contribution is -2.45. The summed E-state index contributed by atoms with van der Waals surface area (Å²) in [6.45, 7) is 2.09. The lowest BCUT2D eigenvalue weighted by molar-refractivity contribution is -0.122. The third-order valence-electron chi connectivity index (χ3n) is 6.80. The number of hydrogen-bond acceptors (Lipinski definition) is 6. The number of para-hydroxylation sites is 2. The van der Waals surface area contributed by atoms with E-state index in [9.17, 15) is 14.4 Å². The van der Waals surface area contributed by atoms with Gasteiger partial charge in [-0.25, -0.2) is 9.88 Å². The molecule has 0 N–H and O–H groups in total. The molecular weight excluding hydrogens is 492 g/mol. The lowest BCUT2D eigenvalue weighted by Gasteiger charge is -2.28. The van der Waals surface area contributed by atoms with Gasteiger partial charge in [0, 0.05) is 30.1 Å². The number of carbonyl (C=O) groups is 3. The van der Waals surface area contributed by atoms with Crippen molar-refractivity contribution < 1.29 is 18.8 Å². The molecular formula is C31H24N4O4. The smallest absolute Gasteiger partial charge is 0.257 e. The van der Waals surface area contributed by atoms with Crippen molar-refractivity contribution in [3.05, 3.63) is 114 Å². The number of fused-ring (bicyclic) bond motifs is 1. The van der Waals surface area contributed by atoms with Crippen molar-refractivity contribution >= 4 is 34.5 Å². The molecule has 1 aliphatic heterocycles. The van der Waals surface area contributed by atoms with Gasteiger partial charge in [0.15, 0.2) is 5.58 Å². The van der Waals surface area contributed by atoms with Crippen LogP contribution in [-0.2, 0) is 16.1 Å². The standard InChI is InChI=1S/C31H24N4O4/c1-20-8-10-23(11-9-20)30(37)34(19-21-5-4-16-32-18-21)26-17-28(36)35(31(26)38)24-14-12-22(13-15-24)29-33-25-6-2-3-7-27(25)39-29/h2-16,18,26H,17,19H2,1H3. The highest BCUT2D eigenvalue weighted by Crippen LogP contribution is 2.31. The van der Waals surface area contributed by atoms with Crippen LogP contribution in [0.5, 0.6) is 0 Å². The van der Waals surface area contributed by atoms with Crippen LogP contribution in [0.2, 0.25) is 0 Å². The molecule has 0 spiro atoms. The monoisotopic (exact) mass is 516 g/mol. The van der Waals surface area contributed by atoms with Gasteiger partial charge in [-0.2, -0.15) is 0 Å². The zero-order chi connectivity index (χ0) is 26.9. The quantitative estimate of drug-likeness (QED) is 0.289. The Hall–Kier alpha value is -5.11. The van der Waals surface area contributed by atoms with E-state index in [0.717, 1.165) is 27.1 Å². The number of amides is 3. The van der Waals surface area contributed by atoms with Crippen LogP contribution in [0.4, 0.5) is 5.69 Å². The molecule has 1 unspecified atom stereocenters. The molecule has 0 bridgehead atoms. The first kappa shape index (κ1) is 24.2. The number of oxazole rings is 1.